The summed E-state index contributed by atoms with van der Waals surface area (Å²) in [6.45, 7) is 1.96. The summed E-state index contributed by atoms with van der Waals surface area (Å²) in [6.07, 6.45) is 2.52. The average Bonchev–Trinajstić information content (AvgIpc) is 2.86. The summed E-state index contributed by atoms with van der Waals surface area (Å²) >= 11 is 0. The Morgan fingerprint density at radius 1 is 1.10 bits per heavy atom. The van der Waals surface area contributed by atoms with Crippen molar-refractivity contribution in [2.45, 2.75) is 19.4 Å². The van der Waals surface area contributed by atoms with E-state index < -0.39 is 0 Å². The molecule has 0 saturated carbocycles. The average molecular weight is 268 g/mol. The van der Waals surface area contributed by atoms with E-state index in [0.29, 0.717) is 12.0 Å². The molecular formula is C17H17FN2. The number of benzene rings is 2. The highest BCUT2D eigenvalue weighted by atomic mass is 19.1. The van der Waals surface area contributed by atoms with Gasteiger partial charge in [0.1, 0.15) is 5.82 Å². The van der Waals surface area contributed by atoms with Crippen molar-refractivity contribution in [2.24, 2.45) is 5.73 Å². The van der Waals surface area contributed by atoms with Crippen molar-refractivity contribution in [1.29, 1.82) is 0 Å². The van der Waals surface area contributed by atoms with Gasteiger partial charge in [0.2, 0.25) is 0 Å². The molecule has 3 N–H and O–H groups in total. The molecule has 3 aromatic rings. The Labute approximate surface area is 117 Å². The van der Waals surface area contributed by atoms with E-state index in [-0.39, 0.29) is 11.9 Å². The van der Waals surface area contributed by atoms with Crippen LogP contribution in [0.3, 0.4) is 0 Å². The van der Waals surface area contributed by atoms with Crippen molar-refractivity contribution in [1.82, 2.24) is 4.98 Å². The molecule has 0 radical (unpaired) electrons. The van der Waals surface area contributed by atoms with Crippen LogP contribution in [0.4, 0.5) is 4.39 Å². The summed E-state index contributed by atoms with van der Waals surface area (Å²) in [5.41, 5.74) is 9.95. The number of hydrogen-bond acceptors (Lipinski definition) is 1. The molecule has 1 unspecified atom stereocenters. The maximum Gasteiger partial charge on any atom is 0.126 e. The molecule has 0 spiro atoms. The van der Waals surface area contributed by atoms with Gasteiger partial charge < -0.3 is 10.7 Å². The highest BCUT2D eigenvalue weighted by Crippen LogP contribution is 2.28. The van der Waals surface area contributed by atoms with Gasteiger partial charge in [-0.2, -0.15) is 0 Å². The van der Waals surface area contributed by atoms with E-state index in [1.54, 1.807) is 6.07 Å². The summed E-state index contributed by atoms with van der Waals surface area (Å²) in [5, 5.41) is 1.12. The smallest absolute Gasteiger partial charge is 0.126 e. The third kappa shape index (κ3) is 2.21. The second-order valence-electron chi connectivity index (χ2n) is 5.14. The minimum atomic E-state index is -0.164. The zero-order valence-corrected chi connectivity index (χ0v) is 11.4. The molecule has 1 atom stereocenters. The summed E-state index contributed by atoms with van der Waals surface area (Å²) in [7, 11) is 0. The van der Waals surface area contributed by atoms with Crippen LogP contribution in [0.1, 0.15) is 29.7 Å². The third-order valence-electron chi connectivity index (χ3n) is 3.65. The molecular weight excluding hydrogens is 251 g/mol. The van der Waals surface area contributed by atoms with Gasteiger partial charge in [0, 0.05) is 29.6 Å². The van der Waals surface area contributed by atoms with E-state index in [4.69, 9.17) is 5.73 Å². The van der Waals surface area contributed by atoms with E-state index in [0.717, 1.165) is 22.0 Å². The molecule has 0 aliphatic rings. The fourth-order valence-corrected chi connectivity index (χ4v) is 2.64. The Hall–Kier alpha value is -2.13. The van der Waals surface area contributed by atoms with Gasteiger partial charge in [0.15, 0.2) is 0 Å². The van der Waals surface area contributed by atoms with Crippen molar-refractivity contribution in [3.8, 4) is 0 Å². The Bertz CT molecular complexity index is 744. The maximum absolute atomic E-state index is 13.8. The predicted molar refractivity (Wildman–Crippen MR) is 80.1 cm³/mol. The summed E-state index contributed by atoms with van der Waals surface area (Å²) < 4.78 is 13.8. The SMILES string of the molecule is CC(N)c1c[nH]c2cccc(Cc3ccccc3F)c12. The third-order valence-corrected chi connectivity index (χ3v) is 3.65. The maximum atomic E-state index is 13.8. The lowest BCUT2D eigenvalue weighted by molar-refractivity contribution is 0.614. The van der Waals surface area contributed by atoms with Crippen LogP contribution in [0.25, 0.3) is 10.9 Å². The van der Waals surface area contributed by atoms with Gasteiger partial charge in [0.05, 0.1) is 0 Å². The first-order valence-electron chi connectivity index (χ1n) is 6.74. The van der Waals surface area contributed by atoms with Crippen molar-refractivity contribution in [3.63, 3.8) is 0 Å². The Morgan fingerprint density at radius 3 is 2.60 bits per heavy atom. The minimum absolute atomic E-state index is 0.0504. The standard InChI is InChI=1S/C17H17FN2/c1-11(19)14-10-20-16-8-4-6-13(17(14)16)9-12-5-2-3-7-15(12)18/h2-8,10-11,20H,9,19H2,1H3. The van der Waals surface area contributed by atoms with E-state index in [2.05, 4.69) is 4.98 Å². The molecule has 1 aromatic heterocycles. The Balaban J connectivity index is 2.12. The van der Waals surface area contributed by atoms with Gasteiger partial charge in [-0.05, 0) is 35.7 Å². The van der Waals surface area contributed by atoms with E-state index >= 15 is 0 Å². The summed E-state index contributed by atoms with van der Waals surface area (Å²) in [6, 6.07) is 12.9. The van der Waals surface area contributed by atoms with Gasteiger partial charge in [-0.3, -0.25) is 0 Å². The molecule has 0 aliphatic heterocycles. The number of fused-ring (bicyclic) bond motifs is 1. The number of nitrogens with two attached hydrogens (primary N) is 1. The Kier molecular flexibility index (Phi) is 3.28. The second-order valence-corrected chi connectivity index (χ2v) is 5.14. The molecule has 20 heavy (non-hydrogen) atoms. The molecule has 1 heterocycles. The number of rotatable bonds is 3. The monoisotopic (exact) mass is 268 g/mol. The molecule has 2 aromatic carbocycles. The van der Waals surface area contributed by atoms with Crippen LogP contribution in [-0.4, -0.2) is 4.98 Å². The van der Waals surface area contributed by atoms with Crippen molar-refractivity contribution in [2.75, 3.05) is 0 Å². The van der Waals surface area contributed by atoms with Gasteiger partial charge >= 0.3 is 0 Å². The highest BCUT2D eigenvalue weighted by Gasteiger charge is 2.12. The zero-order valence-electron chi connectivity index (χ0n) is 11.4. The van der Waals surface area contributed by atoms with Crippen LogP contribution < -0.4 is 5.73 Å². The zero-order chi connectivity index (χ0) is 14.1. The molecule has 2 nitrogen and oxygen atoms in total. The van der Waals surface area contributed by atoms with Crippen LogP contribution >= 0.6 is 0 Å². The first-order chi connectivity index (χ1) is 9.66. The van der Waals surface area contributed by atoms with Crippen molar-refractivity contribution < 1.29 is 4.39 Å². The quantitative estimate of drug-likeness (QED) is 0.742. The molecule has 0 fully saturated rings. The first-order valence-corrected chi connectivity index (χ1v) is 6.74. The van der Waals surface area contributed by atoms with E-state index in [9.17, 15) is 4.39 Å². The lowest BCUT2D eigenvalue weighted by Crippen LogP contribution is -2.05. The van der Waals surface area contributed by atoms with Gasteiger partial charge in [0.25, 0.3) is 0 Å². The molecule has 0 amide bonds. The van der Waals surface area contributed by atoms with Crippen LogP contribution in [0, 0.1) is 5.82 Å². The molecule has 3 rings (SSSR count). The van der Waals surface area contributed by atoms with Crippen molar-refractivity contribution >= 4 is 10.9 Å². The van der Waals surface area contributed by atoms with Crippen molar-refractivity contribution in [3.05, 3.63) is 71.2 Å². The highest BCUT2D eigenvalue weighted by molar-refractivity contribution is 5.87. The number of halogens is 1. The number of nitrogens with one attached hydrogen (secondary N) is 1. The lowest BCUT2D eigenvalue weighted by atomic mass is 9.97. The van der Waals surface area contributed by atoms with Gasteiger partial charge in [-0.1, -0.05) is 30.3 Å². The Morgan fingerprint density at radius 2 is 1.85 bits per heavy atom. The lowest BCUT2D eigenvalue weighted by Gasteiger charge is -2.09. The van der Waals surface area contributed by atoms with Crippen LogP contribution in [0.2, 0.25) is 0 Å². The first kappa shape index (κ1) is 12.9. The molecule has 0 aliphatic carbocycles. The number of H-pyrrole nitrogens is 1. The largest absolute Gasteiger partial charge is 0.361 e. The number of aromatic amines is 1. The summed E-state index contributed by atoms with van der Waals surface area (Å²) in [5.74, 6) is -0.164. The van der Waals surface area contributed by atoms with E-state index in [1.807, 2.05) is 43.5 Å². The van der Waals surface area contributed by atoms with Crippen LogP contribution in [-0.2, 0) is 6.42 Å². The predicted octanol–water partition coefficient (Wildman–Crippen LogP) is 3.92. The number of aromatic nitrogens is 1. The fraction of sp³-hybridized carbons (Fsp3) is 0.176. The van der Waals surface area contributed by atoms with Gasteiger partial charge in [-0.15, -0.1) is 0 Å². The second kappa shape index (κ2) is 5.10. The molecule has 102 valence electrons. The molecule has 0 saturated heterocycles. The van der Waals surface area contributed by atoms with Crippen LogP contribution in [0.15, 0.2) is 48.7 Å². The minimum Gasteiger partial charge on any atom is -0.361 e. The molecule has 3 heteroatoms. The van der Waals surface area contributed by atoms with Gasteiger partial charge in [-0.25, -0.2) is 4.39 Å². The summed E-state index contributed by atoms with van der Waals surface area (Å²) in [4.78, 5) is 3.24. The number of hydrogen-bond donors (Lipinski definition) is 2. The van der Waals surface area contributed by atoms with Crippen LogP contribution in [0.5, 0.6) is 0 Å². The topological polar surface area (TPSA) is 41.8 Å². The fourth-order valence-electron chi connectivity index (χ4n) is 2.64. The van der Waals surface area contributed by atoms with E-state index in [1.165, 1.54) is 6.07 Å². The normalized spacial score (nSPS) is 12.8. The molecule has 0 bridgehead atoms.